The monoisotopic (exact) mass is 523 g/mol. The number of piperidine rings is 1. The fraction of sp³-hybridized carbons (Fsp3) is 0.333. The van der Waals surface area contributed by atoms with Crippen LogP contribution in [0.5, 0.6) is 0 Å². The van der Waals surface area contributed by atoms with E-state index in [1.54, 1.807) is 18.2 Å². The molecule has 4 atom stereocenters. The Balaban J connectivity index is 1.19. The average molecular weight is 524 g/mol. The summed E-state index contributed by atoms with van der Waals surface area (Å²) < 4.78 is 1.88. The van der Waals surface area contributed by atoms with E-state index in [4.69, 9.17) is 0 Å². The normalized spacial score (nSPS) is 23.0. The second kappa shape index (κ2) is 9.11. The SMILES string of the molecule is O=C(NCCc1c[nH]c2ccccc12)[C@@H]1Cc2cc([N+](=O)[O-])ccc2N2C[C@H]3C[C@@H](Cn4c3cccc4=O)[C@@H]12. The predicted molar refractivity (Wildman–Crippen MR) is 148 cm³/mol. The largest absolute Gasteiger partial charge is 0.366 e. The smallest absolute Gasteiger partial charge is 0.269 e. The molecule has 39 heavy (non-hydrogen) atoms. The van der Waals surface area contributed by atoms with Gasteiger partial charge in [0.1, 0.15) is 0 Å². The molecular formula is C30H29N5O4. The van der Waals surface area contributed by atoms with E-state index >= 15 is 0 Å². The summed E-state index contributed by atoms with van der Waals surface area (Å²) in [7, 11) is 0. The van der Waals surface area contributed by atoms with Gasteiger partial charge in [-0.25, -0.2) is 0 Å². The molecule has 3 aliphatic heterocycles. The summed E-state index contributed by atoms with van der Waals surface area (Å²) in [5.41, 5.74) is 5.11. The molecule has 2 N–H and O–H groups in total. The first-order valence-electron chi connectivity index (χ1n) is 13.5. The molecule has 9 heteroatoms. The van der Waals surface area contributed by atoms with Gasteiger partial charge in [-0.1, -0.05) is 24.3 Å². The number of aromatic nitrogens is 2. The topological polar surface area (TPSA) is 113 Å². The predicted octanol–water partition coefficient (Wildman–Crippen LogP) is 3.76. The third-order valence-corrected chi connectivity index (χ3v) is 8.91. The van der Waals surface area contributed by atoms with Gasteiger partial charge in [0.25, 0.3) is 11.2 Å². The lowest BCUT2D eigenvalue weighted by Gasteiger charge is -2.54. The van der Waals surface area contributed by atoms with Crippen LogP contribution >= 0.6 is 0 Å². The molecule has 4 aromatic rings. The molecule has 1 fully saturated rings. The van der Waals surface area contributed by atoms with Gasteiger partial charge in [0.2, 0.25) is 5.91 Å². The standard InChI is InChI=1S/C30H29N5O4/c36-28-7-3-6-26-20-12-21(17-33(26)28)29-24(14-19-13-22(35(38)39)8-9-27(19)34(29)16-20)30(37)31-11-10-18-15-32-25-5-2-1-4-23(18)25/h1-9,13,15,20-21,24,29,32H,10-12,14,16-17H2,(H,31,37)/t20-,21+,24-,29+/m1/s1. The summed E-state index contributed by atoms with van der Waals surface area (Å²) in [4.78, 5) is 43.3. The molecule has 7 rings (SSSR count). The van der Waals surface area contributed by atoms with Gasteiger partial charge in [0.05, 0.1) is 10.8 Å². The number of anilines is 1. The summed E-state index contributed by atoms with van der Waals surface area (Å²) in [5, 5.41) is 15.9. The van der Waals surface area contributed by atoms with Gasteiger partial charge in [-0.2, -0.15) is 0 Å². The number of nitrogens with zero attached hydrogens (tertiary/aromatic N) is 3. The van der Waals surface area contributed by atoms with Crippen LogP contribution in [0.3, 0.4) is 0 Å². The van der Waals surface area contributed by atoms with Gasteiger partial charge in [0, 0.05) is 78.3 Å². The van der Waals surface area contributed by atoms with E-state index in [0.29, 0.717) is 32.5 Å². The molecule has 1 amide bonds. The highest BCUT2D eigenvalue weighted by molar-refractivity contribution is 5.84. The molecule has 2 aromatic heterocycles. The van der Waals surface area contributed by atoms with Crippen molar-refractivity contribution in [2.45, 2.75) is 37.8 Å². The molecule has 5 heterocycles. The van der Waals surface area contributed by atoms with Crippen molar-refractivity contribution in [2.24, 2.45) is 11.8 Å². The summed E-state index contributed by atoms with van der Waals surface area (Å²) >= 11 is 0. The summed E-state index contributed by atoms with van der Waals surface area (Å²) in [6.45, 7) is 1.75. The van der Waals surface area contributed by atoms with Crippen molar-refractivity contribution in [1.82, 2.24) is 14.9 Å². The van der Waals surface area contributed by atoms with Crippen LogP contribution in [0.4, 0.5) is 11.4 Å². The molecule has 1 saturated heterocycles. The van der Waals surface area contributed by atoms with Gasteiger partial charge >= 0.3 is 0 Å². The number of nitro groups is 1. The number of fused-ring (bicyclic) bond motifs is 9. The fourth-order valence-corrected chi connectivity index (χ4v) is 7.24. The number of pyridine rings is 1. The van der Waals surface area contributed by atoms with E-state index in [-0.39, 0.29) is 45.9 Å². The number of carbonyl (C=O) groups is 1. The van der Waals surface area contributed by atoms with Crippen molar-refractivity contribution in [3.63, 3.8) is 0 Å². The van der Waals surface area contributed by atoms with Crippen molar-refractivity contribution in [3.8, 4) is 0 Å². The first kappa shape index (κ1) is 23.7. The lowest BCUT2D eigenvalue weighted by atomic mass is 9.70. The van der Waals surface area contributed by atoms with Crippen molar-refractivity contribution in [3.05, 3.63) is 104 Å². The Bertz CT molecular complexity index is 1670. The first-order valence-corrected chi connectivity index (χ1v) is 13.5. The number of nitrogens with one attached hydrogen (secondary N) is 2. The summed E-state index contributed by atoms with van der Waals surface area (Å²) in [6, 6.07) is 18.5. The van der Waals surface area contributed by atoms with E-state index in [0.717, 1.165) is 39.8 Å². The van der Waals surface area contributed by atoms with Crippen molar-refractivity contribution in [2.75, 3.05) is 18.0 Å². The molecule has 198 valence electrons. The fourth-order valence-electron chi connectivity index (χ4n) is 7.24. The molecule has 0 spiro atoms. The number of carbonyl (C=O) groups excluding carboxylic acids is 1. The lowest BCUT2D eigenvalue weighted by molar-refractivity contribution is -0.384. The molecule has 0 radical (unpaired) electrons. The van der Waals surface area contributed by atoms with Crippen molar-refractivity contribution in [1.29, 1.82) is 0 Å². The number of hydrogen-bond acceptors (Lipinski definition) is 5. The minimum absolute atomic E-state index is 0.00205. The maximum Gasteiger partial charge on any atom is 0.269 e. The van der Waals surface area contributed by atoms with E-state index in [9.17, 15) is 19.7 Å². The van der Waals surface area contributed by atoms with Gasteiger partial charge in [-0.3, -0.25) is 19.7 Å². The summed E-state index contributed by atoms with van der Waals surface area (Å²) in [6.07, 6.45) is 4.06. The third-order valence-electron chi connectivity index (χ3n) is 8.91. The van der Waals surface area contributed by atoms with Crippen LogP contribution in [0.1, 0.15) is 29.2 Å². The molecule has 0 saturated carbocycles. The number of rotatable bonds is 5. The number of non-ortho nitro benzene ring substituents is 1. The number of aromatic amines is 1. The Kier molecular flexibility index (Phi) is 5.54. The number of H-pyrrole nitrogens is 1. The molecule has 0 unspecified atom stereocenters. The van der Waals surface area contributed by atoms with Crippen LogP contribution in [0.15, 0.2) is 71.7 Å². The Morgan fingerprint density at radius 1 is 1.10 bits per heavy atom. The molecule has 3 aliphatic rings. The molecule has 2 aromatic carbocycles. The Labute approximate surface area is 224 Å². The van der Waals surface area contributed by atoms with E-state index in [1.807, 2.05) is 47.2 Å². The number of amides is 1. The lowest BCUT2D eigenvalue weighted by Crippen LogP contribution is -2.61. The van der Waals surface area contributed by atoms with Crippen LogP contribution in [0.2, 0.25) is 0 Å². The van der Waals surface area contributed by atoms with Crippen LogP contribution in [0, 0.1) is 22.0 Å². The van der Waals surface area contributed by atoms with Gasteiger partial charge in [-0.05, 0) is 54.5 Å². The average Bonchev–Trinajstić information content (AvgIpc) is 3.36. The second-order valence-electron chi connectivity index (χ2n) is 11.0. The number of benzene rings is 2. The maximum atomic E-state index is 13.8. The maximum absolute atomic E-state index is 13.8. The molecular weight excluding hydrogens is 494 g/mol. The quantitative estimate of drug-likeness (QED) is 0.306. The zero-order valence-electron chi connectivity index (χ0n) is 21.4. The van der Waals surface area contributed by atoms with Crippen LogP contribution in [0.25, 0.3) is 10.9 Å². The van der Waals surface area contributed by atoms with Crippen LogP contribution in [-0.2, 0) is 24.2 Å². The van der Waals surface area contributed by atoms with E-state index in [1.165, 1.54) is 0 Å². The van der Waals surface area contributed by atoms with Crippen molar-refractivity contribution >= 4 is 28.2 Å². The third kappa shape index (κ3) is 3.91. The van der Waals surface area contributed by atoms with Gasteiger partial charge in [-0.15, -0.1) is 0 Å². The number of hydrogen-bond donors (Lipinski definition) is 2. The van der Waals surface area contributed by atoms with Crippen LogP contribution in [-0.4, -0.2) is 39.5 Å². The van der Waals surface area contributed by atoms with Gasteiger partial charge < -0.3 is 19.8 Å². The second-order valence-corrected chi connectivity index (χ2v) is 11.0. The molecule has 2 bridgehead atoms. The number of para-hydroxylation sites is 1. The number of nitro benzene ring substituents is 1. The molecule has 0 aliphatic carbocycles. The highest BCUT2D eigenvalue weighted by atomic mass is 16.6. The first-order chi connectivity index (χ1) is 19.0. The van der Waals surface area contributed by atoms with E-state index in [2.05, 4.69) is 21.3 Å². The zero-order valence-corrected chi connectivity index (χ0v) is 21.4. The highest BCUT2D eigenvalue weighted by Gasteiger charge is 2.49. The Morgan fingerprint density at radius 3 is 2.85 bits per heavy atom. The Morgan fingerprint density at radius 2 is 1.97 bits per heavy atom. The molecule has 9 nitrogen and oxygen atoms in total. The minimum Gasteiger partial charge on any atom is -0.366 e. The minimum atomic E-state index is -0.379. The Hall–Kier alpha value is -4.40. The van der Waals surface area contributed by atoms with Crippen LogP contribution < -0.4 is 15.8 Å². The van der Waals surface area contributed by atoms with E-state index < -0.39 is 0 Å². The highest BCUT2D eigenvalue weighted by Crippen LogP contribution is 2.47. The van der Waals surface area contributed by atoms with Gasteiger partial charge in [0.15, 0.2) is 0 Å². The summed E-state index contributed by atoms with van der Waals surface area (Å²) in [5.74, 6) is -0.106. The zero-order chi connectivity index (χ0) is 26.7. The van der Waals surface area contributed by atoms with Crippen molar-refractivity contribution < 1.29 is 9.72 Å².